The van der Waals surface area contributed by atoms with Gasteiger partial charge in [-0.2, -0.15) is 9.61 Å². The van der Waals surface area contributed by atoms with Gasteiger partial charge in [-0.1, -0.05) is 0 Å². The van der Waals surface area contributed by atoms with Crippen LogP contribution in [-0.4, -0.2) is 34.6 Å². The quantitative estimate of drug-likeness (QED) is 0.562. The van der Waals surface area contributed by atoms with Gasteiger partial charge in [0.1, 0.15) is 24.6 Å². The molecular formula is C15H11F2N7O. The third kappa shape index (κ3) is 2.77. The number of nitrogens with zero attached hydrogens (tertiary/aromatic N) is 7. The van der Waals surface area contributed by atoms with Crippen LogP contribution in [0.3, 0.4) is 0 Å². The van der Waals surface area contributed by atoms with Crippen LogP contribution in [0, 0.1) is 11.6 Å². The van der Waals surface area contributed by atoms with E-state index in [9.17, 15) is 8.78 Å². The highest BCUT2D eigenvalue weighted by molar-refractivity contribution is 5.59. The van der Waals surface area contributed by atoms with Crippen molar-refractivity contribution in [1.82, 2.24) is 34.6 Å². The maximum Gasteiger partial charge on any atom is 0.232 e. The summed E-state index contributed by atoms with van der Waals surface area (Å²) in [6.07, 6.45) is 1.42. The Kier molecular flexibility index (Phi) is 3.56. The van der Waals surface area contributed by atoms with Crippen LogP contribution in [0.4, 0.5) is 8.78 Å². The zero-order valence-corrected chi connectivity index (χ0v) is 13.0. The van der Waals surface area contributed by atoms with Crippen LogP contribution in [0.15, 0.2) is 36.7 Å². The predicted molar refractivity (Wildman–Crippen MR) is 81.5 cm³/mol. The minimum absolute atomic E-state index is 0.0366. The second kappa shape index (κ2) is 5.89. The third-order valence-corrected chi connectivity index (χ3v) is 3.56. The summed E-state index contributed by atoms with van der Waals surface area (Å²) in [5.41, 5.74) is 0.343. The molecule has 0 aliphatic rings. The Balaban J connectivity index is 1.70. The Bertz CT molecular complexity index is 1060. The van der Waals surface area contributed by atoms with Crippen LogP contribution >= 0.6 is 0 Å². The van der Waals surface area contributed by atoms with E-state index >= 15 is 0 Å². The van der Waals surface area contributed by atoms with Gasteiger partial charge in [0, 0.05) is 13.1 Å². The molecule has 1 aromatic carbocycles. The predicted octanol–water partition coefficient (Wildman–Crippen LogP) is 1.78. The molecule has 4 rings (SSSR count). The zero-order valence-electron chi connectivity index (χ0n) is 13.0. The van der Waals surface area contributed by atoms with Crippen LogP contribution in [0.25, 0.3) is 17.0 Å². The van der Waals surface area contributed by atoms with Crippen LogP contribution in [0.1, 0.15) is 5.82 Å². The van der Waals surface area contributed by atoms with Gasteiger partial charge in [0.15, 0.2) is 17.3 Å². The smallest absolute Gasteiger partial charge is 0.232 e. The van der Waals surface area contributed by atoms with Crippen molar-refractivity contribution in [3.8, 4) is 17.3 Å². The number of benzene rings is 1. The summed E-state index contributed by atoms with van der Waals surface area (Å²) >= 11 is 0. The number of aryl methyl sites for hydroxylation is 1. The molecule has 0 aliphatic carbocycles. The summed E-state index contributed by atoms with van der Waals surface area (Å²) in [7, 11) is 1.74. The monoisotopic (exact) mass is 343 g/mol. The molecule has 0 fully saturated rings. The Morgan fingerprint density at radius 3 is 2.80 bits per heavy atom. The fourth-order valence-corrected chi connectivity index (χ4v) is 2.28. The second-order valence-electron chi connectivity index (χ2n) is 5.18. The van der Waals surface area contributed by atoms with Crippen molar-refractivity contribution in [2.75, 3.05) is 0 Å². The van der Waals surface area contributed by atoms with E-state index in [0.29, 0.717) is 11.5 Å². The van der Waals surface area contributed by atoms with Crippen molar-refractivity contribution in [2.45, 2.75) is 6.61 Å². The molecule has 10 heteroatoms. The summed E-state index contributed by atoms with van der Waals surface area (Å²) < 4.78 is 35.9. The van der Waals surface area contributed by atoms with Gasteiger partial charge >= 0.3 is 0 Å². The first-order valence-corrected chi connectivity index (χ1v) is 7.25. The summed E-state index contributed by atoms with van der Waals surface area (Å²) in [4.78, 5) is 4.05. The first kappa shape index (κ1) is 15.1. The minimum Gasteiger partial charge on any atom is -0.468 e. The van der Waals surface area contributed by atoms with E-state index in [1.54, 1.807) is 23.9 Å². The van der Waals surface area contributed by atoms with Crippen LogP contribution < -0.4 is 4.74 Å². The fraction of sp³-hybridized carbons (Fsp3) is 0.133. The lowest BCUT2D eigenvalue weighted by atomic mass is 10.2. The van der Waals surface area contributed by atoms with Crippen molar-refractivity contribution in [2.24, 2.45) is 7.05 Å². The lowest BCUT2D eigenvalue weighted by Crippen LogP contribution is -2.06. The zero-order chi connectivity index (χ0) is 17.4. The number of fused-ring (bicyclic) bond motifs is 1. The van der Waals surface area contributed by atoms with E-state index in [-0.39, 0.29) is 23.9 Å². The van der Waals surface area contributed by atoms with Gasteiger partial charge < -0.3 is 4.74 Å². The van der Waals surface area contributed by atoms with Crippen molar-refractivity contribution < 1.29 is 13.5 Å². The van der Waals surface area contributed by atoms with E-state index in [0.717, 1.165) is 18.2 Å². The first-order valence-electron chi connectivity index (χ1n) is 7.25. The average molecular weight is 343 g/mol. The number of halogens is 2. The van der Waals surface area contributed by atoms with E-state index in [1.165, 1.54) is 10.8 Å². The molecule has 4 aromatic rings. The van der Waals surface area contributed by atoms with Gasteiger partial charge in [0.25, 0.3) is 0 Å². The number of aromatic nitrogens is 7. The number of rotatable bonds is 4. The largest absolute Gasteiger partial charge is 0.468 e. The van der Waals surface area contributed by atoms with Gasteiger partial charge in [-0.25, -0.2) is 13.8 Å². The van der Waals surface area contributed by atoms with Gasteiger partial charge in [0.05, 0.1) is 5.56 Å². The maximum atomic E-state index is 14.0. The van der Waals surface area contributed by atoms with Crippen LogP contribution in [-0.2, 0) is 13.7 Å². The molecule has 25 heavy (non-hydrogen) atoms. The standard InChI is InChI=1S/C15H11F2N7O/c1-23-13(18-8-19-23)7-25-14-5-4-12-20-21-15(24(12)22-14)10-6-9(16)2-3-11(10)17/h2-6,8H,7H2,1H3. The molecule has 0 unspecified atom stereocenters. The van der Waals surface area contributed by atoms with Crippen LogP contribution in [0.2, 0.25) is 0 Å². The molecule has 0 amide bonds. The Hall–Kier alpha value is -3.43. The SMILES string of the molecule is Cn1ncnc1COc1ccc2nnc(-c3cc(F)ccc3F)n2n1. The van der Waals surface area contributed by atoms with Crippen molar-refractivity contribution >= 4 is 5.65 Å². The minimum atomic E-state index is -0.622. The van der Waals surface area contributed by atoms with E-state index in [1.807, 2.05) is 0 Å². The number of ether oxygens (including phenoxy) is 1. The molecule has 3 aromatic heterocycles. The number of hydrogen-bond acceptors (Lipinski definition) is 6. The molecular weight excluding hydrogens is 332 g/mol. The highest BCUT2D eigenvalue weighted by Gasteiger charge is 2.15. The fourth-order valence-electron chi connectivity index (χ4n) is 2.28. The molecule has 0 saturated carbocycles. The van der Waals surface area contributed by atoms with Crippen molar-refractivity contribution in [1.29, 1.82) is 0 Å². The molecule has 0 radical (unpaired) electrons. The Labute approximate surface area is 139 Å². The third-order valence-electron chi connectivity index (χ3n) is 3.56. The molecule has 0 bridgehead atoms. The lowest BCUT2D eigenvalue weighted by molar-refractivity contribution is 0.274. The summed E-state index contributed by atoms with van der Waals surface area (Å²) in [5, 5.41) is 16.0. The molecule has 0 saturated heterocycles. The lowest BCUT2D eigenvalue weighted by Gasteiger charge is -2.06. The molecule has 0 atom stereocenters. The summed E-state index contributed by atoms with van der Waals surface area (Å²) in [5.74, 6) is -0.253. The molecule has 126 valence electrons. The van der Waals surface area contributed by atoms with Gasteiger partial charge in [0.2, 0.25) is 5.88 Å². The topological polar surface area (TPSA) is 83.0 Å². The van der Waals surface area contributed by atoms with E-state index in [4.69, 9.17) is 4.74 Å². The first-order chi connectivity index (χ1) is 12.1. The Morgan fingerprint density at radius 1 is 1.12 bits per heavy atom. The summed E-state index contributed by atoms with van der Waals surface area (Å²) in [6, 6.07) is 6.32. The van der Waals surface area contributed by atoms with E-state index < -0.39 is 11.6 Å². The molecule has 0 aliphatic heterocycles. The normalized spacial score (nSPS) is 11.2. The van der Waals surface area contributed by atoms with Gasteiger partial charge in [-0.05, 0) is 24.3 Å². The second-order valence-corrected chi connectivity index (χ2v) is 5.18. The Morgan fingerprint density at radius 2 is 2.00 bits per heavy atom. The highest BCUT2D eigenvalue weighted by atomic mass is 19.1. The molecule has 0 N–H and O–H groups in total. The van der Waals surface area contributed by atoms with Crippen molar-refractivity contribution in [3.05, 3.63) is 54.1 Å². The number of hydrogen-bond donors (Lipinski definition) is 0. The highest BCUT2D eigenvalue weighted by Crippen LogP contribution is 2.23. The molecule has 0 spiro atoms. The van der Waals surface area contributed by atoms with Crippen molar-refractivity contribution in [3.63, 3.8) is 0 Å². The molecule has 8 nitrogen and oxygen atoms in total. The molecule has 3 heterocycles. The van der Waals surface area contributed by atoms with Crippen LogP contribution in [0.5, 0.6) is 5.88 Å². The average Bonchev–Trinajstić information content (AvgIpc) is 3.21. The summed E-state index contributed by atoms with van der Waals surface area (Å²) in [6.45, 7) is 0.154. The van der Waals surface area contributed by atoms with Gasteiger partial charge in [-0.15, -0.1) is 15.3 Å². The maximum absolute atomic E-state index is 14.0. The van der Waals surface area contributed by atoms with Gasteiger partial charge in [-0.3, -0.25) is 4.68 Å². The van der Waals surface area contributed by atoms with E-state index in [2.05, 4.69) is 25.4 Å².